The van der Waals surface area contributed by atoms with Crippen LogP contribution in [0.2, 0.25) is 0 Å². The summed E-state index contributed by atoms with van der Waals surface area (Å²) in [6.45, 7) is 8.10. The minimum Gasteiger partial charge on any atom is -0.480 e. The van der Waals surface area contributed by atoms with E-state index < -0.39 is 28.9 Å². The summed E-state index contributed by atoms with van der Waals surface area (Å²) in [6.07, 6.45) is 1.42. The van der Waals surface area contributed by atoms with E-state index >= 15 is 0 Å². The van der Waals surface area contributed by atoms with Gasteiger partial charge in [0.2, 0.25) is 5.91 Å². The van der Waals surface area contributed by atoms with Crippen LogP contribution in [0.4, 0.5) is 0 Å². The third-order valence-corrected chi connectivity index (χ3v) is 4.42. The fourth-order valence-electron chi connectivity index (χ4n) is 2.65. The van der Waals surface area contributed by atoms with Crippen LogP contribution in [0.1, 0.15) is 47.0 Å². The van der Waals surface area contributed by atoms with Crippen LogP contribution in [0.15, 0.2) is 0 Å². The van der Waals surface area contributed by atoms with Gasteiger partial charge in [-0.15, -0.1) is 0 Å². The lowest BCUT2D eigenvalue weighted by molar-refractivity contribution is -0.172. The quantitative estimate of drug-likeness (QED) is 0.645. The predicted molar refractivity (Wildman–Crippen MR) is 75.2 cm³/mol. The smallest absolute Gasteiger partial charge is 0.326 e. The van der Waals surface area contributed by atoms with Gasteiger partial charge in [-0.3, -0.25) is 4.79 Å². The molecule has 4 N–H and O–H groups in total. The zero-order chi connectivity index (χ0) is 15.6. The second kappa shape index (κ2) is 6.10. The van der Waals surface area contributed by atoms with Crippen molar-refractivity contribution in [2.24, 2.45) is 11.1 Å². The molecule has 0 spiro atoms. The largest absolute Gasteiger partial charge is 0.480 e. The van der Waals surface area contributed by atoms with Gasteiger partial charge in [-0.05, 0) is 13.3 Å². The number of amides is 1. The van der Waals surface area contributed by atoms with Crippen LogP contribution in [0, 0.1) is 5.41 Å². The maximum atomic E-state index is 12.3. The monoisotopic (exact) mass is 286 g/mol. The van der Waals surface area contributed by atoms with E-state index in [1.165, 1.54) is 0 Å². The molecule has 0 heterocycles. The number of carbonyl (C=O) groups is 2. The van der Waals surface area contributed by atoms with E-state index in [2.05, 4.69) is 5.32 Å². The zero-order valence-corrected chi connectivity index (χ0v) is 12.7. The van der Waals surface area contributed by atoms with E-state index in [1.54, 1.807) is 0 Å². The lowest BCUT2D eigenvalue weighted by atomic mass is 9.54. The Balaban J connectivity index is 2.75. The molecule has 6 heteroatoms. The highest BCUT2D eigenvalue weighted by atomic mass is 16.5. The molecule has 1 saturated carbocycles. The molecule has 20 heavy (non-hydrogen) atoms. The van der Waals surface area contributed by atoms with Gasteiger partial charge in [0.15, 0.2) is 0 Å². The molecular formula is C14H26N2O4. The van der Waals surface area contributed by atoms with Crippen molar-refractivity contribution in [3.8, 4) is 0 Å². The number of hydrogen-bond donors (Lipinski definition) is 3. The van der Waals surface area contributed by atoms with Crippen molar-refractivity contribution >= 4 is 11.9 Å². The minimum atomic E-state index is -1.08. The normalized spacial score (nSPS) is 29.4. The molecule has 0 aromatic rings. The van der Waals surface area contributed by atoms with Crippen molar-refractivity contribution in [2.45, 2.75) is 64.6 Å². The highest BCUT2D eigenvalue weighted by molar-refractivity contribution is 5.92. The zero-order valence-electron chi connectivity index (χ0n) is 12.7. The van der Waals surface area contributed by atoms with Gasteiger partial charge in [-0.1, -0.05) is 27.2 Å². The van der Waals surface area contributed by atoms with Crippen LogP contribution in [0.5, 0.6) is 0 Å². The maximum Gasteiger partial charge on any atom is 0.326 e. The number of aliphatic carboxylic acids is 1. The molecule has 1 rings (SSSR count). The topological polar surface area (TPSA) is 102 Å². The third-order valence-electron chi connectivity index (χ3n) is 4.42. The predicted octanol–water partition coefficient (Wildman–Crippen LogP) is 0.888. The van der Waals surface area contributed by atoms with Crippen LogP contribution < -0.4 is 11.1 Å². The van der Waals surface area contributed by atoms with Gasteiger partial charge in [-0.25, -0.2) is 4.79 Å². The van der Waals surface area contributed by atoms with Gasteiger partial charge < -0.3 is 20.9 Å². The number of rotatable bonds is 7. The van der Waals surface area contributed by atoms with Crippen LogP contribution >= 0.6 is 0 Å². The molecule has 6 nitrogen and oxygen atoms in total. The molecule has 0 aromatic heterocycles. The Labute approximate surface area is 120 Å². The van der Waals surface area contributed by atoms with Crippen molar-refractivity contribution in [2.75, 3.05) is 6.61 Å². The number of carboxylic acids is 1. The Morgan fingerprint density at radius 1 is 1.45 bits per heavy atom. The molecule has 1 amide bonds. The number of carboxylic acid groups (broad SMARTS) is 1. The summed E-state index contributed by atoms with van der Waals surface area (Å²) in [5, 5.41) is 11.7. The first kappa shape index (κ1) is 16.9. The summed E-state index contributed by atoms with van der Waals surface area (Å²) in [5.41, 5.74) is 4.62. The second-order valence-electron chi connectivity index (χ2n) is 5.99. The Bertz CT molecular complexity index is 383. The van der Waals surface area contributed by atoms with Crippen molar-refractivity contribution < 1.29 is 19.4 Å². The van der Waals surface area contributed by atoms with Crippen molar-refractivity contribution in [3.05, 3.63) is 0 Å². The SMILES string of the molecule is CCC[C@@H](NC(=O)C1(N)CC(OCC)C1(C)C)C(=O)O. The van der Waals surface area contributed by atoms with Crippen molar-refractivity contribution in [1.82, 2.24) is 5.32 Å². The second-order valence-corrected chi connectivity index (χ2v) is 5.99. The van der Waals surface area contributed by atoms with Crippen LogP contribution in [0.25, 0.3) is 0 Å². The Hall–Kier alpha value is -1.14. The molecule has 3 atom stereocenters. The molecule has 0 saturated heterocycles. The van der Waals surface area contributed by atoms with E-state index in [4.69, 9.17) is 15.6 Å². The third kappa shape index (κ3) is 2.81. The molecule has 0 aliphatic heterocycles. The van der Waals surface area contributed by atoms with Gasteiger partial charge in [0, 0.05) is 18.4 Å². The standard InChI is InChI=1S/C14H26N2O4/c1-5-7-9(11(17)18)16-12(19)14(15)8-10(20-6-2)13(14,3)4/h9-10H,5-8,15H2,1-4H3,(H,16,19)(H,17,18)/t9-,10?,14?/m1/s1. The molecular weight excluding hydrogens is 260 g/mol. The maximum absolute atomic E-state index is 12.3. The van der Waals surface area contributed by atoms with Crippen molar-refractivity contribution in [3.63, 3.8) is 0 Å². The molecule has 116 valence electrons. The van der Waals surface area contributed by atoms with E-state index in [-0.39, 0.29) is 6.10 Å². The van der Waals surface area contributed by atoms with E-state index in [1.807, 2.05) is 27.7 Å². The highest BCUT2D eigenvalue weighted by Crippen LogP contribution is 2.49. The molecule has 0 radical (unpaired) electrons. The van der Waals surface area contributed by atoms with E-state index in [9.17, 15) is 9.59 Å². The van der Waals surface area contributed by atoms with Crippen molar-refractivity contribution in [1.29, 1.82) is 0 Å². The Morgan fingerprint density at radius 2 is 2.05 bits per heavy atom. The Morgan fingerprint density at radius 3 is 2.45 bits per heavy atom. The summed E-state index contributed by atoms with van der Waals surface area (Å²) in [7, 11) is 0. The summed E-state index contributed by atoms with van der Waals surface area (Å²) in [4.78, 5) is 23.5. The van der Waals surface area contributed by atoms with Crippen LogP contribution in [-0.2, 0) is 14.3 Å². The first-order chi connectivity index (χ1) is 9.20. The van der Waals surface area contributed by atoms with Gasteiger partial charge >= 0.3 is 5.97 Å². The van der Waals surface area contributed by atoms with E-state index in [0.717, 1.165) is 0 Å². The number of nitrogens with two attached hydrogens (primary N) is 1. The fourth-order valence-corrected chi connectivity index (χ4v) is 2.65. The van der Waals surface area contributed by atoms with Gasteiger partial charge in [0.05, 0.1) is 6.10 Å². The molecule has 0 bridgehead atoms. The summed E-state index contributed by atoms with van der Waals surface area (Å²) < 4.78 is 5.56. The van der Waals surface area contributed by atoms with Crippen LogP contribution in [0.3, 0.4) is 0 Å². The summed E-state index contributed by atoms with van der Waals surface area (Å²) in [6, 6.07) is -0.880. The molecule has 1 fully saturated rings. The molecule has 2 unspecified atom stereocenters. The number of hydrogen-bond acceptors (Lipinski definition) is 4. The summed E-state index contributed by atoms with van der Waals surface area (Å²) in [5.74, 6) is -1.43. The number of nitrogens with one attached hydrogen (secondary N) is 1. The van der Waals surface area contributed by atoms with E-state index in [0.29, 0.717) is 25.9 Å². The minimum absolute atomic E-state index is 0.0716. The van der Waals surface area contributed by atoms with Gasteiger partial charge in [0.25, 0.3) is 0 Å². The molecule has 1 aliphatic rings. The first-order valence-electron chi connectivity index (χ1n) is 7.15. The average molecular weight is 286 g/mol. The lowest BCUT2D eigenvalue weighted by Crippen LogP contribution is -2.76. The summed E-state index contributed by atoms with van der Waals surface area (Å²) >= 11 is 0. The highest BCUT2D eigenvalue weighted by Gasteiger charge is 2.63. The van der Waals surface area contributed by atoms with Gasteiger partial charge in [0.1, 0.15) is 11.6 Å². The Kier molecular flexibility index (Phi) is 5.15. The molecule has 0 aromatic carbocycles. The average Bonchev–Trinajstić information content (AvgIpc) is 2.37. The number of ether oxygens (including phenoxy) is 1. The van der Waals surface area contributed by atoms with Gasteiger partial charge in [-0.2, -0.15) is 0 Å². The molecule has 1 aliphatic carbocycles. The number of carbonyl (C=O) groups excluding carboxylic acids is 1. The lowest BCUT2D eigenvalue weighted by Gasteiger charge is -2.57. The van der Waals surface area contributed by atoms with Crippen LogP contribution in [-0.4, -0.2) is 41.3 Å². The fraction of sp³-hybridized carbons (Fsp3) is 0.857. The first-order valence-corrected chi connectivity index (χ1v) is 7.15.